The SMILES string of the molecule is Cc1ccc(CC(N)c2ccccc2F)cc1C. The molecule has 0 saturated heterocycles. The van der Waals surface area contributed by atoms with E-state index in [1.807, 2.05) is 6.07 Å². The highest BCUT2D eigenvalue weighted by Crippen LogP contribution is 2.20. The fourth-order valence-corrected chi connectivity index (χ4v) is 2.07. The van der Waals surface area contributed by atoms with Crippen molar-refractivity contribution < 1.29 is 4.39 Å². The van der Waals surface area contributed by atoms with Crippen LogP contribution in [0.15, 0.2) is 42.5 Å². The summed E-state index contributed by atoms with van der Waals surface area (Å²) < 4.78 is 13.6. The van der Waals surface area contributed by atoms with Crippen molar-refractivity contribution in [1.29, 1.82) is 0 Å². The first-order valence-electron chi connectivity index (χ1n) is 6.14. The van der Waals surface area contributed by atoms with Gasteiger partial charge < -0.3 is 5.73 Å². The maximum absolute atomic E-state index is 13.6. The molecule has 0 spiro atoms. The van der Waals surface area contributed by atoms with Crippen molar-refractivity contribution in [2.75, 3.05) is 0 Å². The van der Waals surface area contributed by atoms with E-state index in [-0.39, 0.29) is 11.9 Å². The van der Waals surface area contributed by atoms with E-state index in [4.69, 9.17) is 5.73 Å². The molecule has 0 saturated carbocycles. The number of aryl methyl sites for hydroxylation is 2. The molecule has 0 fully saturated rings. The lowest BCUT2D eigenvalue weighted by molar-refractivity contribution is 0.580. The summed E-state index contributed by atoms with van der Waals surface area (Å²) in [6.45, 7) is 4.16. The van der Waals surface area contributed by atoms with Gasteiger partial charge in [-0.15, -0.1) is 0 Å². The second-order valence-electron chi connectivity index (χ2n) is 4.75. The Balaban J connectivity index is 2.19. The number of hydrogen-bond donors (Lipinski definition) is 1. The van der Waals surface area contributed by atoms with E-state index in [0.717, 1.165) is 5.56 Å². The van der Waals surface area contributed by atoms with Crippen LogP contribution in [0.25, 0.3) is 0 Å². The zero-order valence-corrected chi connectivity index (χ0v) is 10.8. The van der Waals surface area contributed by atoms with E-state index >= 15 is 0 Å². The quantitative estimate of drug-likeness (QED) is 0.874. The highest BCUT2D eigenvalue weighted by Gasteiger charge is 2.11. The molecule has 1 unspecified atom stereocenters. The molecule has 0 bridgehead atoms. The molecule has 0 heterocycles. The Morgan fingerprint density at radius 2 is 1.78 bits per heavy atom. The summed E-state index contributed by atoms with van der Waals surface area (Å²) in [6, 6.07) is 12.7. The molecule has 2 rings (SSSR count). The molecular formula is C16H18FN. The van der Waals surface area contributed by atoms with Crippen molar-refractivity contribution in [3.8, 4) is 0 Å². The van der Waals surface area contributed by atoms with Crippen LogP contribution in [0.3, 0.4) is 0 Å². The molecule has 2 heteroatoms. The number of hydrogen-bond acceptors (Lipinski definition) is 1. The highest BCUT2D eigenvalue weighted by atomic mass is 19.1. The molecule has 94 valence electrons. The first kappa shape index (κ1) is 12.8. The topological polar surface area (TPSA) is 26.0 Å². The minimum absolute atomic E-state index is 0.228. The third kappa shape index (κ3) is 2.77. The van der Waals surface area contributed by atoms with Crippen LogP contribution in [0.4, 0.5) is 4.39 Å². The number of benzene rings is 2. The van der Waals surface area contributed by atoms with Gasteiger partial charge in [0.25, 0.3) is 0 Å². The number of halogens is 1. The smallest absolute Gasteiger partial charge is 0.127 e. The normalized spacial score (nSPS) is 12.4. The first-order chi connectivity index (χ1) is 8.58. The van der Waals surface area contributed by atoms with Gasteiger partial charge in [-0.2, -0.15) is 0 Å². The highest BCUT2D eigenvalue weighted by molar-refractivity contribution is 5.31. The first-order valence-corrected chi connectivity index (χ1v) is 6.14. The van der Waals surface area contributed by atoms with Gasteiger partial charge in [-0.05, 0) is 43.0 Å². The Hall–Kier alpha value is -1.67. The van der Waals surface area contributed by atoms with Gasteiger partial charge in [0.15, 0.2) is 0 Å². The lowest BCUT2D eigenvalue weighted by Crippen LogP contribution is -2.15. The van der Waals surface area contributed by atoms with Crippen molar-refractivity contribution >= 4 is 0 Å². The molecule has 1 nitrogen and oxygen atoms in total. The standard InChI is InChI=1S/C16H18FN/c1-11-7-8-13(9-12(11)2)10-16(18)14-5-3-4-6-15(14)17/h3-9,16H,10,18H2,1-2H3. The summed E-state index contributed by atoms with van der Waals surface area (Å²) >= 11 is 0. The summed E-state index contributed by atoms with van der Waals surface area (Å²) in [4.78, 5) is 0. The Morgan fingerprint density at radius 1 is 1.06 bits per heavy atom. The minimum Gasteiger partial charge on any atom is -0.324 e. The summed E-state index contributed by atoms with van der Waals surface area (Å²) in [5, 5.41) is 0. The summed E-state index contributed by atoms with van der Waals surface area (Å²) in [5.74, 6) is -0.228. The van der Waals surface area contributed by atoms with Crippen molar-refractivity contribution in [2.45, 2.75) is 26.3 Å². The van der Waals surface area contributed by atoms with E-state index in [0.29, 0.717) is 12.0 Å². The van der Waals surface area contributed by atoms with E-state index in [2.05, 4.69) is 32.0 Å². The zero-order chi connectivity index (χ0) is 13.1. The molecule has 2 aromatic rings. The van der Waals surface area contributed by atoms with E-state index in [9.17, 15) is 4.39 Å². The molecule has 1 atom stereocenters. The van der Waals surface area contributed by atoms with E-state index < -0.39 is 0 Å². The Labute approximate surface area is 107 Å². The fraction of sp³-hybridized carbons (Fsp3) is 0.250. The summed E-state index contributed by atoms with van der Waals surface area (Å²) in [6.07, 6.45) is 0.655. The molecule has 0 aliphatic carbocycles. The average Bonchev–Trinajstić information content (AvgIpc) is 2.34. The maximum atomic E-state index is 13.6. The van der Waals surface area contributed by atoms with Crippen molar-refractivity contribution in [3.63, 3.8) is 0 Å². The lowest BCUT2D eigenvalue weighted by atomic mass is 9.97. The second kappa shape index (κ2) is 5.32. The minimum atomic E-state index is -0.298. The second-order valence-corrected chi connectivity index (χ2v) is 4.75. The van der Waals surface area contributed by atoms with Gasteiger partial charge >= 0.3 is 0 Å². The molecule has 0 radical (unpaired) electrons. The molecular weight excluding hydrogens is 225 g/mol. The molecule has 2 aromatic carbocycles. The van der Waals surface area contributed by atoms with Crippen LogP contribution in [0.1, 0.15) is 28.3 Å². The van der Waals surface area contributed by atoms with Crippen molar-refractivity contribution in [1.82, 2.24) is 0 Å². The predicted octanol–water partition coefficient (Wildman–Crippen LogP) is 3.69. The van der Waals surface area contributed by atoms with Gasteiger partial charge in [0.2, 0.25) is 0 Å². The van der Waals surface area contributed by atoms with Gasteiger partial charge in [-0.3, -0.25) is 0 Å². The van der Waals surface area contributed by atoms with Gasteiger partial charge in [-0.1, -0.05) is 36.4 Å². The van der Waals surface area contributed by atoms with Crippen LogP contribution in [0, 0.1) is 19.7 Å². The van der Waals surface area contributed by atoms with Crippen LogP contribution in [0.5, 0.6) is 0 Å². The van der Waals surface area contributed by atoms with Crippen LogP contribution in [0.2, 0.25) is 0 Å². The monoisotopic (exact) mass is 243 g/mol. The van der Waals surface area contributed by atoms with Crippen LogP contribution in [-0.4, -0.2) is 0 Å². The molecule has 0 amide bonds. The van der Waals surface area contributed by atoms with Crippen molar-refractivity contribution in [3.05, 3.63) is 70.5 Å². The largest absolute Gasteiger partial charge is 0.324 e. The van der Waals surface area contributed by atoms with Crippen molar-refractivity contribution in [2.24, 2.45) is 5.73 Å². The number of rotatable bonds is 3. The third-order valence-corrected chi connectivity index (χ3v) is 3.33. The molecule has 0 aliphatic heterocycles. The van der Waals surface area contributed by atoms with Gasteiger partial charge in [0.05, 0.1) is 0 Å². The summed E-state index contributed by atoms with van der Waals surface area (Å²) in [5.41, 5.74) is 10.3. The van der Waals surface area contributed by atoms with Crippen LogP contribution >= 0.6 is 0 Å². The third-order valence-electron chi connectivity index (χ3n) is 3.33. The molecule has 0 aromatic heterocycles. The number of nitrogens with two attached hydrogens (primary N) is 1. The zero-order valence-electron chi connectivity index (χ0n) is 10.8. The predicted molar refractivity (Wildman–Crippen MR) is 72.9 cm³/mol. The molecule has 18 heavy (non-hydrogen) atoms. The van der Waals surface area contributed by atoms with Crippen LogP contribution in [-0.2, 0) is 6.42 Å². The van der Waals surface area contributed by atoms with E-state index in [1.165, 1.54) is 17.2 Å². The van der Waals surface area contributed by atoms with Gasteiger partial charge in [-0.25, -0.2) is 4.39 Å². The maximum Gasteiger partial charge on any atom is 0.127 e. The Morgan fingerprint density at radius 3 is 2.44 bits per heavy atom. The van der Waals surface area contributed by atoms with Gasteiger partial charge in [0, 0.05) is 11.6 Å². The van der Waals surface area contributed by atoms with E-state index in [1.54, 1.807) is 12.1 Å². The average molecular weight is 243 g/mol. The Bertz CT molecular complexity index is 549. The fourth-order valence-electron chi connectivity index (χ4n) is 2.07. The Kier molecular flexibility index (Phi) is 3.78. The van der Waals surface area contributed by atoms with Crippen LogP contribution < -0.4 is 5.73 Å². The molecule has 2 N–H and O–H groups in total. The molecule has 0 aliphatic rings. The lowest BCUT2D eigenvalue weighted by Gasteiger charge is -2.14. The van der Waals surface area contributed by atoms with Gasteiger partial charge in [0.1, 0.15) is 5.82 Å². The summed E-state index contributed by atoms with van der Waals surface area (Å²) in [7, 11) is 0.